The van der Waals surface area contributed by atoms with Gasteiger partial charge in [0.05, 0.1) is 5.54 Å². The molecule has 0 bridgehead atoms. The molecule has 94 valence electrons. The lowest BCUT2D eigenvalue weighted by atomic mass is 9.96. The molecule has 1 amide bonds. The van der Waals surface area contributed by atoms with Crippen LogP contribution in [-0.4, -0.2) is 23.0 Å². The van der Waals surface area contributed by atoms with Gasteiger partial charge in [0.25, 0.3) is 0 Å². The van der Waals surface area contributed by atoms with Crippen LogP contribution in [0.25, 0.3) is 0 Å². The second-order valence-electron chi connectivity index (χ2n) is 4.49. The van der Waals surface area contributed by atoms with Gasteiger partial charge in [0.2, 0.25) is 5.91 Å². The van der Waals surface area contributed by atoms with Crippen molar-refractivity contribution >= 4 is 5.91 Å². The second-order valence-corrected chi connectivity index (χ2v) is 4.49. The summed E-state index contributed by atoms with van der Waals surface area (Å²) in [6, 6.07) is 5.76. The summed E-state index contributed by atoms with van der Waals surface area (Å²) in [7, 11) is 0. The normalized spacial score (nSPS) is 14.1. The molecule has 0 saturated heterocycles. The van der Waals surface area contributed by atoms with Gasteiger partial charge in [0.15, 0.2) is 0 Å². The number of nitrogens with zero attached hydrogens (tertiary/aromatic N) is 1. The summed E-state index contributed by atoms with van der Waals surface area (Å²) in [5, 5.41) is 2.85. The lowest BCUT2D eigenvalue weighted by molar-refractivity contribution is -0.126. The van der Waals surface area contributed by atoms with Crippen LogP contribution in [0.3, 0.4) is 0 Å². The molecule has 4 nitrogen and oxygen atoms in total. The van der Waals surface area contributed by atoms with Crippen LogP contribution < -0.4 is 11.1 Å². The standard InChI is InChI=1S/C13H21N3O/c1-3-8-13(2,14)12(17)16-10-7-11-6-4-5-9-15-11/h4-6,9H,3,7-8,10,14H2,1-2H3,(H,16,17). The Kier molecular flexibility index (Phi) is 5.10. The second kappa shape index (κ2) is 6.35. The number of carbonyl (C=O) groups excluding carboxylic acids is 1. The van der Waals surface area contributed by atoms with Crippen molar-refractivity contribution < 1.29 is 4.79 Å². The van der Waals surface area contributed by atoms with Gasteiger partial charge in [-0.15, -0.1) is 0 Å². The Morgan fingerprint density at radius 3 is 2.88 bits per heavy atom. The molecule has 1 aromatic heterocycles. The first kappa shape index (κ1) is 13.6. The van der Waals surface area contributed by atoms with E-state index in [1.165, 1.54) is 0 Å². The summed E-state index contributed by atoms with van der Waals surface area (Å²) >= 11 is 0. The van der Waals surface area contributed by atoms with Crippen LogP contribution in [0.2, 0.25) is 0 Å². The Labute approximate surface area is 103 Å². The first-order chi connectivity index (χ1) is 8.06. The van der Waals surface area contributed by atoms with E-state index in [1.54, 1.807) is 13.1 Å². The van der Waals surface area contributed by atoms with Gasteiger partial charge in [-0.05, 0) is 25.5 Å². The molecule has 0 aliphatic carbocycles. The molecule has 3 N–H and O–H groups in total. The Hall–Kier alpha value is -1.42. The summed E-state index contributed by atoms with van der Waals surface area (Å²) in [4.78, 5) is 16.0. The number of nitrogens with one attached hydrogen (secondary N) is 1. The third kappa shape index (κ3) is 4.53. The number of hydrogen-bond donors (Lipinski definition) is 2. The molecule has 4 heteroatoms. The fraction of sp³-hybridized carbons (Fsp3) is 0.538. The minimum absolute atomic E-state index is 0.0877. The number of hydrogen-bond acceptors (Lipinski definition) is 3. The van der Waals surface area contributed by atoms with Gasteiger partial charge in [-0.1, -0.05) is 19.4 Å². The molecular formula is C13H21N3O. The third-order valence-corrected chi connectivity index (χ3v) is 2.68. The third-order valence-electron chi connectivity index (χ3n) is 2.68. The highest BCUT2D eigenvalue weighted by Crippen LogP contribution is 2.08. The van der Waals surface area contributed by atoms with E-state index < -0.39 is 5.54 Å². The summed E-state index contributed by atoms with van der Waals surface area (Å²) in [6.07, 6.45) is 4.08. The number of aromatic nitrogens is 1. The van der Waals surface area contributed by atoms with E-state index in [9.17, 15) is 4.79 Å². The average Bonchev–Trinajstić information content (AvgIpc) is 2.30. The quantitative estimate of drug-likeness (QED) is 0.780. The molecule has 1 atom stereocenters. The Balaban J connectivity index is 2.34. The van der Waals surface area contributed by atoms with E-state index >= 15 is 0 Å². The van der Waals surface area contributed by atoms with Crippen LogP contribution in [0.4, 0.5) is 0 Å². The molecular weight excluding hydrogens is 214 g/mol. The van der Waals surface area contributed by atoms with Crippen LogP contribution in [0.1, 0.15) is 32.4 Å². The van der Waals surface area contributed by atoms with Crippen molar-refractivity contribution in [2.45, 2.75) is 38.6 Å². The Morgan fingerprint density at radius 1 is 1.53 bits per heavy atom. The highest BCUT2D eigenvalue weighted by Gasteiger charge is 2.26. The van der Waals surface area contributed by atoms with Crippen molar-refractivity contribution in [1.29, 1.82) is 0 Å². The molecule has 0 aliphatic heterocycles. The molecule has 0 spiro atoms. The highest BCUT2D eigenvalue weighted by molar-refractivity contribution is 5.85. The summed E-state index contributed by atoms with van der Waals surface area (Å²) in [6.45, 7) is 4.37. The van der Waals surface area contributed by atoms with Crippen LogP contribution in [0.15, 0.2) is 24.4 Å². The summed E-state index contributed by atoms with van der Waals surface area (Å²) in [5.41, 5.74) is 6.13. The van der Waals surface area contributed by atoms with E-state index in [-0.39, 0.29) is 5.91 Å². The van der Waals surface area contributed by atoms with Crippen LogP contribution in [0, 0.1) is 0 Å². The first-order valence-electron chi connectivity index (χ1n) is 6.03. The zero-order valence-electron chi connectivity index (χ0n) is 10.6. The van der Waals surface area contributed by atoms with Gasteiger partial charge in [0, 0.05) is 24.9 Å². The van der Waals surface area contributed by atoms with Crippen molar-refractivity contribution in [2.75, 3.05) is 6.54 Å². The molecule has 1 aromatic rings. The van der Waals surface area contributed by atoms with Crippen LogP contribution in [0.5, 0.6) is 0 Å². The predicted molar refractivity (Wildman–Crippen MR) is 68.5 cm³/mol. The minimum atomic E-state index is -0.765. The van der Waals surface area contributed by atoms with Gasteiger partial charge in [-0.25, -0.2) is 0 Å². The van der Waals surface area contributed by atoms with Gasteiger partial charge < -0.3 is 11.1 Å². The lowest BCUT2D eigenvalue weighted by Crippen LogP contribution is -2.51. The van der Waals surface area contributed by atoms with E-state index in [1.807, 2.05) is 25.1 Å². The molecule has 17 heavy (non-hydrogen) atoms. The minimum Gasteiger partial charge on any atom is -0.354 e. The van der Waals surface area contributed by atoms with E-state index in [2.05, 4.69) is 10.3 Å². The fourth-order valence-corrected chi connectivity index (χ4v) is 1.68. The first-order valence-corrected chi connectivity index (χ1v) is 6.03. The van der Waals surface area contributed by atoms with Crippen molar-refractivity contribution in [3.05, 3.63) is 30.1 Å². The monoisotopic (exact) mass is 235 g/mol. The Morgan fingerprint density at radius 2 is 2.29 bits per heavy atom. The smallest absolute Gasteiger partial charge is 0.239 e. The van der Waals surface area contributed by atoms with Crippen molar-refractivity contribution in [1.82, 2.24) is 10.3 Å². The molecule has 1 heterocycles. The van der Waals surface area contributed by atoms with Gasteiger partial charge in [-0.2, -0.15) is 0 Å². The molecule has 0 saturated carbocycles. The molecule has 1 unspecified atom stereocenters. The van der Waals surface area contributed by atoms with Crippen LogP contribution in [-0.2, 0) is 11.2 Å². The molecule has 0 aromatic carbocycles. The van der Waals surface area contributed by atoms with E-state index in [4.69, 9.17) is 5.73 Å². The lowest BCUT2D eigenvalue weighted by Gasteiger charge is -2.22. The van der Waals surface area contributed by atoms with Crippen molar-refractivity contribution in [3.63, 3.8) is 0 Å². The van der Waals surface area contributed by atoms with Gasteiger partial charge in [-0.3, -0.25) is 9.78 Å². The topological polar surface area (TPSA) is 68.0 Å². The maximum atomic E-state index is 11.8. The number of amides is 1. The van der Waals surface area contributed by atoms with Crippen LogP contribution >= 0.6 is 0 Å². The maximum absolute atomic E-state index is 11.8. The van der Waals surface area contributed by atoms with Crippen molar-refractivity contribution in [2.24, 2.45) is 5.73 Å². The SMILES string of the molecule is CCCC(C)(N)C(=O)NCCc1ccccn1. The van der Waals surface area contributed by atoms with Gasteiger partial charge in [0.1, 0.15) is 0 Å². The summed E-state index contributed by atoms with van der Waals surface area (Å²) < 4.78 is 0. The zero-order chi connectivity index (χ0) is 12.7. The average molecular weight is 235 g/mol. The van der Waals surface area contributed by atoms with Gasteiger partial charge >= 0.3 is 0 Å². The van der Waals surface area contributed by atoms with E-state index in [0.29, 0.717) is 13.0 Å². The summed E-state index contributed by atoms with van der Waals surface area (Å²) in [5.74, 6) is -0.0877. The molecule has 0 radical (unpaired) electrons. The zero-order valence-corrected chi connectivity index (χ0v) is 10.6. The highest BCUT2D eigenvalue weighted by atomic mass is 16.2. The predicted octanol–water partition coefficient (Wildman–Crippen LogP) is 1.26. The number of pyridine rings is 1. The number of carbonyl (C=O) groups is 1. The fourth-order valence-electron chi connectivity index (χ4n) is 1.68. The number of rotatable bonds is 6. The number of nitrogens with two attached hydrogens (primary N) is 1. The van der Waals surface area contributed by atoms with E-state index in [0.717, 1.165) is 18.5 Å². The Bertz CT molecular complexity index is 349. The molecule has 0 aliphatic rings. The van der Waals surface area contributed by atoms with Crippen molar-refractivity contribution in [3.8, 4) is 0 Å². The molecule has 0 fully saturated rings. The largest absolute Gasteiger partial charge is 0.354 e. The molecule has 1 rings (SSSR count). The maximum Gasteiger partial charge on any atom is 0.239 e.